The van der Waals surface area contributed by atoms with Gasteiger partial charge in [-0.1, -0.05) is 23.4 Å². The second-order valence-electron chi connectivity index (χ2n) is 5.33. The molecule has 3 rings (SSSR count). The molecule has 0 radical (unpaired) electrons. The van der Waals surface area contributed by atoms with Crippen LogP contribution in [0.15, 0.2) is 48.7 Å². The maximum atomic E-state index is 10.6. The van der Waals surface area contributed by atoms with E-state index in [-0.39, 0.29) is 17.2 Å². The largest absolute Gasteiger partial charge is 0.504 e. The number of hydrogen-bond acceptors (Lipinski definition) is 6. The molecular formula is C16H14N4O4. The molecule has 0 aliphatic heterocycles. The van der Waals surface area contributed by atoms with Gasteiger partial charge in [0, 0.05) is 24.8 Å². The molecule has 0 aliphatic rings. The maximum Gasteiger partial charge on any atom is 0.269 e. The zero-order valence-electron chi connectivity index (χ0n) is 12.5. The van der Waals surface area contributed by atoms with Gasteiger partial charge in [0.05, 0.1) is 17.2 Å². The molecule has 8 nitrogen and oxygen atoms in total. The van der Waals surface area contributed by atoms with Gasteiger partial charge in [0.15, 0.2) is 11.5 Å². The van der Waals surface area contributed by atoms with Crippen molar-refractivity contribution >= 4 is 5.69 Å². The SMILES string of the molecule is O=[N+]([O-])c1ccc(Cn2cc(Cc3ccc(O)c(O)c3)nn2)cc1. The van der Waals surface area contributed by atoms with E-state index in [4.69, 9.17) is 0 Å². The van der Waals surface area contributed by atoms with Crippen molar-refractivity contribution in [1.29, 1.82) is 0 Å². The molecule has 3 aromatic rings. The number of rotatable bonds is 5. The molecule has 0 atom stereocenters. The van der Waals surface area contributed by atoms with Crippen LogP contribution in [-0.2, 0) is 13.0 Å². The van der Waals surface area contributed by atoms with Crippen LogP contribution >= 0.6 is 0 Å². The highest BCUT2D eigenvalue weighted by atomic mass is 16.6. The van der Waals surface area contributed by atoms with E-state index < -0.39 is 4.92 Å². The monoisotopic (exact) mass is 326 g/mol. The van der Waals surface area contributed by atoms with Crippen molar-refractivity contribution < 1.29 is 15.1 Å². The first-order chi connectivity index (χ1) is 11.5. The summed E-state index contributed by atoms with van der Waals surface area (Å²) in [5, 5.41) is 37.5. The summed E-state index contributed by atoms with van der Waals surface area (Å²) in [6.45, 7) is 0.450. The Hall–Kier alpha value is -3.42. The average molecular weight is 326 g/mol. The number of phenolic OH excluding ortho intramolecular Hbond substituents is 2. The summed E-state index contributed by atoms with van der Waals surface area (Å²) in [4.78, 5) is 10.2. The van der Waals surface area contributed by atoms with Gasteiger partial charge in [-0.25, -0.2) is 4.68 Å². The number of nitro groups is 1. The zero-order chi connectivity index (χ0) is 17.1. The third kappa shape index (κ3) is 3.49. The van der Waals surface area contributed by atoms with E-state index in [0.29, 0.717) is 18.7 Å². The first-order valence-electron chi connectivity index (χ1n) is 7.14. The minimum atomic E-state index is -0.440. The highest BCUT2D eigenvalue weighted by Crippen LogP contribution is 2.25. The highest BCUT2D eigenvalue weighted by Gasteiger charge is 2.07. The van der Waals surface area contributed by atoms with Crippen LogP contribution in [-0.4, -0.2) is 30.1 Å². The van der Waals surface area contributed by atoms with Gasteiger partial charge in [-0.05, 0) is 23.3 Å². The number of aromatic nitrogens is 3. The van der Waals surface area contributed by atoms with Gasteiger partial charge < -0.3 is 10.2 Å². The lowest BCUT2D eigenvalue weighted by Crippen LogP contribution is -2.00. The third-order valence-electron chi connectivity index (χ3n) is 3.50. The second-order valence-corrected chi connectivity index (χ2v) is 5.33. The van der Waals surface area contributed by atoms with E-state index in [9.17, 15) is 20.3 Å². The lowest BCUT2D eigenvalue weighted by molar-refractivity contribution is -0.384. The molecule has 0 bridgehead atoms. The lowest BCUT2D eigenvalue weighted by Gasteiger charge is -2.01. The van der Waals surface area contributed by atoms with Gasteiger partial charge in [0.1, 0.15) is 0 Å². The molecule has 0 unspecified atom stereocenters. The number of aromatic hydroxyl groups is 2. The molecule has 1 heterocycles. The fourth-order valence-corrected chi connectivity index (χ4v) is 2.30. The van der Waals surface area contributed by atoms with E-state index in [1.807, 2.05) is 0 Å². The standard InChI is InChI=1S/C16H14N4O4/c21-15-6-3-12(8-16(15)22)7-13-10-19(18-17-13)9-11-1-4-14(5-2-11)20(23)24/h1-6,8,10,21-22H,7,9H2. The first-order valence-corrected chi connectivity index (χ1v) is 7.14. The van der Waals surface area contributed by atoms with Crippen LogP contribution in [0, 0.1) is 10.1 Å². The fraction of sp³-hybridized carbons (Fsp3) is 0.125. The van der Waals surface area contributed by atoms with Crippen LogP contribution in [0.2, 0.25) is 0 Å². The molecule has 0 amide bonds. The molecule has 2 N–H and O–H groups in total. The fourth-order valence-electron chi connectivity index (χ4n) is 2.30. The first kappa shape index (κ1) is 15.5. The van der Waals surface area contributed by atoms with Gasteiger partial charge >= 0.3 is 0 Å². The summed E-state index contributed by atoms with van der Waals surface area (Å²) in [6, 6.07) is 10.9. The van der Waals surface area contributed by atoms with Crippen LogP contribution in [0.3, 0.4) is 0 Å². The molecule has 0 spiro atoms. The van der Waals surface area contributed by atoms with Crippen LogP contribution < -0.4 is 0 Å². The number of nitrogens with zero attached hydrogens (tertiary/aromatic N) is 4. The summed E-state index contributed by atoms with van der Waals surface area (Å²) in [5.41, 5.74) is 2.43. The number of benzene rings is 2. The van der Waals surface area contributed by atoms with Crippen LogP contribution in [0.5, 0.6) is 11.5 Å². The molecule has 24 heavy (non-hydrogen) atoms. The predicted octanol–water partition coefficient (Wildman–Crippen LogP) is 2.24. The normalized spacial score (nSPS) is 10.7. The van der Waals surface area contributed by atoms with Crippen molar-refractivity contribution in [3.63, 3.8) is 0 Å². The Morgan fingerprint density at radius 3 is 2.42 bits per heavy atom. The van der Waals surface area contributed by atoms with Crippen molar-refractivity contribution in [2.45, 2.75) is 13.0 Å². The third-order valence-corrected chi connectivity index (χ3v) is 3.50. The summed E-state index contributed by atoms with van der Waals surface area (Å²) >= 11 is 0. The highest BCUT2D eigenvalue weighted by molar-refractivity contribution is 5.41. The van der Waals surface area contributed by atoms with Crippen LogP contribution in [0.1, 0.15) is 16.8 Å². The Bertz CT molecular complexity index is 874. The molecule has 0 saturated carbocycles. The quantitative estimate of drug-likeness (QED) is 0.422. The topological polar surface area (TPSA) is 114 Å². The van der Waals surface area contributed by atoms with Crippen LogP contribution in [0.4, 0.5) is 5.69 Å². The minimum Gasteiger partial charge on any atom is -0.504 e. The second kappa shape index (κ2) is 6.37. The molecule has 1 aromatic heterocycles. The number of nitro benzene ring substituents is 1. The van der Waals surface area contributed by atoms with E-state index in [1.54, 1.807) is 29.1 Å². The maximum absolute atomic E-state index is 10.6. The van der Waals surface area contributed by atoms with E-state index in [1.165, 1.54) is 24.3 Å². The summed E-state index contributed by atoms with van der Waals surface area (Å²) < 4.78 is 1.64. The minimum absolute atomic E-state index is 0.0465. The molecule has 8 heteroatoms. The van der Waals surface area contributed by atoms with Crippen molar-refractivity contribution in [2.24, 2.45) is 0 Å². The Morgan fingerprint density at radius 1 is 1.04 bits per heavy atom. The molecule has 122 valence electrons. The van der Waals surface area contributed by atoms with Crippen LogP contribution in [0.25, 0.3) is 0 Å². The van der Waals surface area contributed by atoms with Gasteiger partial charge in [-0.3, -0.25) is 10.1 Å². The smallest absolute Gasteiger partial charge is 0.269 e. The number of hydrogen-bond donors (Lipinski definition) is 2. The van der Waals surface area contributed by atoms with E-state index >= 15 is 0 Å². The van der Waals surface area contributed by atoms with Crippen molar-refractivity contribution in [3.8, 4) is 11.5 Å². The molecule has 0 saturated heterocycles. The number of phenols is 2. The van der Waals surface area contributed by atoms with Gasteiger partial charge in [-0.15, -0.1) is 5.10 Å². The van der Waals surface area contributed by atoms with Gasteiger partial charge in [0.25, 0.3) is 5.69 Å². The molecular weight excluding hydrogens is 312 g/mol. The van der Waals surface area contributed by atoms with Gasteiger partial charge in [-0.2, -0.15) is 0 Å². The Balaban J connectivity index is 1.68. The number of non-ortho nitro benzene ring substituents is 1. The lowest BCUT2D eigenvalue weighted by atomic mass is 10.1. The summed E-state index contributed by atoms with van der Waals surface area (Å²) in [6.07, 6.45) is 2.24. The van der Waals surface area contributed by atoms with E-state index in [2.05, 4.69) is 10.3 Å². The van der Waals surface area contributed by atoms with E-state index in [0.717, 1.165) is 11.1 Å². The van der Waals surface area contributed by atoms with Crippen molar-refractivity contribution in [3.05, 3.63) is 75.6 Å². The Morgan fingerprint density at radius 2 is 1.75 bits per heavy atom. The van der Waals surface area contributed by atoms with Gasteiger partial charge in [0.2, 0.25) is 0 Å². The molecule has 2 aromatic carbocycles. The summed E-state index contributed by atoms with van der Waals surface area (Å²) in [5.74, 6) is -0.341. The predicted molar refractivity (Wildman–Crippen MR) is 84.8 cm³/mol. The summed E-state index contributed by atoms with van der Waals surface area (Å²) in [7, 11) is 0. The average Bonchev–Trinajstić information content (AvgIpc) is 2.98. The van der Waals surface area contributed by atoms with Crippen molar-refractivity contribution in [1.82, 2.24) is 15.0 Å². The Kier molecular flexibility index (Phi) is 4.11. The molecule has 0 aliphatic carbocycles. The molecule has 0 fully saturated rings. The Labute approximate surface area is 136 Å². The van der Waals surface area contributed by atoms with Crippen molar-refractivity contribution in [2.75, 3.05) is 0 Å². The zero-order valence-corrected chi connectivity index (χ0v) is 12.5.